The normalized spacial score (nSPS) is 13.4. The summed E-state index contributed by atoms with van der Waals surface area (Å²) in [6.07, 6.45) is -2.18. The third-order valence-electron chi connectivity index (χ3n) is 3.50. The Labute approximate surface area is 163 Å². The van der Waals surface area contributed by atoms with Crippen LogP contribution in [0.15, 0.2) is 36.4 Å². The number of hydrogen-bond acceptors (Lipinski definition) is 1. The Morgan fingerprint density at radius 2 is 1.56 bits per heavy atom. The zero-order valence-corrected chi connectivity index (χ0v) is 15.6. The molecule has 0 radical (unpaired) electrons. The average molecular weight is 429 g/mol. The lowest BCUT2D eigenvalue weighted by Crippen LogP contribution is -2.19. The maximum absolute atomic E-state index is 13.5. The van der Waals surface area contributed by atoms with Gasteiger partial charge >= 0.3 is 6.18 Å². The molecule has 1 unspecified atom stereocenters. The second-order valence-electron chi connectivity index (χ2n) is 5.23. The summed E-state index contributed by atoms with van der Waals surface area (Å²) in [5, 5.41) is 0.330. The van der Waals surface area contributed by atoms with Crippen LogP contribution in [0.5, 0.6) is 0 Å². The molecule has 0 bridgehead atoms. The van der Waals surface area contributed by atoms with Crippen molar-refractivity contribution in [3.05, 3.63) is 73.2 Å². The molecule has 0 heterocycles. The first-order chi connectivity index (χ1) is 11.6. The topological polar surface area (TPSA) is 26.0 Å². The number of benzene rings is 2. The molecule has 1 nitrogen and oxygen atoms in total. The molecule has 0 aliphatic carbocycles. The number of alkyl halides is 3. The van der Waals surface area contributed by atoms with Gasteiger partial charge < -0.3 is 5.73 Å². The summed E-state index contributed by atoms with van der Waals surface area (Å²) in [5.74, 6) is -1.90. The van der Waals surface area contributed by atoms with E-state index in [0.717, 1.165) is 18.2 Å². The Bertz CT molecular complexity index is 780. The number of nitrogens with two attached hydrogens (primary N) is 1. The van der Waals surface area contributed by atoms with E-state index < -0.39 is 12.1 Å². The molecule has 0 amide bonds. The molecule has 0 fully saturated rings. The van der Waals surface area contributed by atoms with Gasteiger partial charge in [-0.2, -0.15) is 13.2 Å². The molecule has 0 aliphatic heterocycles. The zero-order valence-electron chi connectivity index (χ0n) is 12.5. The molecule has 0 aromatic heterocycles. The number of allylic oxidation sites excluding steroid dienone is 1. The van der Waals surface area contributed by atoms with Crippen LogP contribution in [0.3, 0.4) is 0 Å². The fourth-order valence-electron chi connectivity index (χ4n) is 2.20. The third-order valence-corrected chi connectivity index (χ3v) is 5.04. The summed E-state index contributed by atoms with van der Waals surface area (Å²) >= 11 is 23.5. The monoisotopic (exact) mass is 427 g/mol. The lowest BCUT2D eigenvalue weighted by atomic mass is 9.97. The van der Waals surface area contributed by atoms with Crippen molar-refractivity contribution in [1.29, 1.82) is 0 Å². The highest BCUT2D eigenvalue weighted by Gasteiger charge is 2.39. The molecule has 2 rings (SSSR count). The van der Waals surface area contributed by atoms with Crippen molar-refractivity contribution in [1.82, 2.24) is 0 Å². The molecule has 2 aromatic carbocycles. The minimum Gasteiger partial charge on any atom is -0.326 e. The van der Waals surface area contributed by atoms with Gasteiger partial charge in [0, 0.05) is 11.6 Å². The van der Waals surface area contributed by atoms with E-state index in [0.29, 0.717) is 16.1 Å². The first-order valence-electron chi connectivity index (χ1n) is 7.01. The van der Waals surface area contributed by atoms with Gasteiger partial charge in [-0.25, -0.2) is 0 Å². The molecule has 25 heavy (non-hydrogen) atoms. The van der Waals surface area contributed by atoms with E-state index in [1.165, 1.54) is 6.08 Å². The summed E-state index contributed by atoms with van der Waals surface area (Å²) < 4.78 is 40.4. The van der Waals surface area contributed by atoms with E-state index in [9.17, 15) is 13.2 Å². The molecule has 2 N–H and O–H groups in total. The van der Waals surface area contributed by atoms with Gasteiger partial charge in [0.1, 0.15) is 0 Å². The smallest absolute Gasteiger partial charge is 0.326 e. The van der Waals surface area contributed by atoms with Crippen molar-refractivity contribution in [2.24, 2.45) is 5.73 Å². The van der Waals surface area contributed by atoms with Gasteiger partial charge in [0.2, 0.25) is 0 Å². The molecule has 0 spiro atoms. The Kier molecular flexibility index (Phi) is 6.68. The zero-order chi connectivity index (χ0) is 18.8. The maximum atomic E-state index is 13.5. The molecule has 134 valence electrons. The van der Waals surface area contributed by atoms with Gasteiger partial charge in [-0.1, -0.05) is 70.7 Å². The van der Waals surface area contributed by atoms with Gasteiger partial charge in [0.05, 0.1) is 21.0 Å². The Morgan fingerprint density at radius 3 is 2.04 bits per heavy atom. The molecule has 0 saturated heterocycles. The van der Waals surface area contributed by atoms with Crippen LogP contribution >= 0.6 is 46.4 Å². The van der Waals surface area contributed by atoms with Gasteiger partial charge in [-0.15, -0.1) is 0 Å². The first kappa shape index (κ1) is 20.4. The maximum Gasteiger partial charge on any atom is 0.399 e. The number of rotatable bonds is 4. The summed E-state index contributed by atoms with van der Waals surface area (Å²) in [6.45, 7) is 0.246. The largest absolute Gasteiger partial charge is 0.399 e. The van der Waals surface area contributed by atoms with Crippen LogP contribution in [0.2, 0.25) is 20.1 Å². The van der Waals surface area contributed by atoms with Crippen LogP contribution < -0.4 is 5.73 Å². The highest BCUT2D eigenvalue weighted by molar-refractivity contribution is 6.48. The van der Waals surface area contributed by atoms with Crippen LogP contribution in [0.4, 0.5) is 13.2 Å². The second-order valence-corrected chi connectivity index (χ2v) is 6.83. The van der Waals surface area contributed by atoms with E-state index in [-0.39, 0.29) is 27.2 Å². The van der Waals surface area contributed by atoms with Crippen molar-refractivity contribution in [3.63, 3.8) is 0 Å². The molecule has 1 atom stereocenters. The summed E-state index contributed by atoms with van der Waals surface area (Å²) in [5.41, 5.74) is 6.63. The Hall–Kier alpha value is -0.910. The second kappa shape index (κ2) is 8.19. The first-order valence-corrected chi connectivity index (χ1v) is 8.52. The molecule has 8 heteroatoms. The lowest BCUT2D eigenvalue weighted by molar-refractivity contribution is -0.139. The van der Waals surface area contributed by atoms with Crippen LogP contribution in [0.25, 0.3) is 6.08 Å². The summed E-state index contributed by atoms with van der Waals surface area (Å²) in [7, 11) is 0. The van der Waals surface area contributed by atoms with Crippen molar-refractivity contribution in [2.45, 2.75) is 18.6 Å². The summed E-state index contributed by atoms with van der Waals surface area (Å²) in [4.78, 5) is 0. The number of halogens is 7. The van der Waals surface area contributed by atoms with E-state index in [1.807, 2.05) is 0 Å². The SMILES string of the molecule is NCc1ccc(C=CC(c2cc(Cl)c(Cl)c(Cl)c2)C(F)(F)F)cc1Cl. The minimum absolute atomic E-state index is 0.0149. The highest BCUT2D eigenvalue weighted by atomic mass is 35.5. The third kappa shape index (κ3) is 5.05. The van der Waals surface area contributed by atoms with Crippen molar-refractivity contribution in [3.8, 4) is 0 Å². The van der Waals surface area contributed by atoms with Gasteiger partial charge in [0.15, 0.2) is 0 Å². The van der Waals surface area contributed by atoms with Gasteiger partial charge in [-0.3, -0.25) is 0 Å². The van der Waals surface area contributed by atoms with Crippen LogP contribution in [-0.2, 0) is 6.54 Å². The van der Waals surface area contributed by atoms with Crippen LogP contribution in [0.1, 0.15) is 22.6 Å². The Morgan fingerprint density at radius 1 is 0.960 bits per heavy atom. The van der Waals surface area contributed by atoms with E-state index in [4.69, 9.17) is 52.1 Å². The molecular formula is C17H12Cl4F3N. The standard InChI is InChI=1S/C17H12Cl4F3N/c18-13-5-9(1-3-10(13)8-25)2-4-12(17(22,23)24)11-6-14(19)16(21)15(20)7-11/h1-7,12H,8,25H2. The van der Waals surface area contributed by atoms with Crippen molar-refractivity contribution < 1.29 is 13.2 Å². The van der Waals surface area contributed by atoms with Crippen molar-refractivity contribution >= 4 is 52.5 Å². The van der Waals surface area contributed by atoms with Crippen LogP contribution in [-0.4, -0.2) is 6.18 Å². The fraction of sp³-hybridized carbons (Fsp3) is 0.176. The predicted molar refractivity (Wildman–Crippen MR) is 98.6 cm³/mol. The predicted octanol–water partition coefficient (Wildman–Crippen LogP) is 7.12. The van der Waals surface area contributed by atoms with Gasteiger partial charge in [-0.05, 0) is 34.9 Å². The quantitative estimate of drug-likeness (QED) is 0.515. The summed E-state index contributed by atoms with van der Waals surface area (Å²) in [6, 6.07) is 7.17. The number of hydrogen-bond donors (Lipinski definition) is 1. The Balaban J connectivity index is 2.41. The molecule has 0 saturated carbocycles. The van der Waals surface area contributed by atoms with E-state index >= 15 is 0 Å². The molecule has 2 aromatic rings. The van der Waals surface area contributed by atoms with Crippen LogP contribution in [0, 0.1) is 0 Å². The minimum atomic E-state index is -4.53. The fourth-order valence-corrected chi connectivity index (χ4v) is 3.08. The van der Waals surface area contributed by atoms with E-state index in [2.05, 4.69) is 0 Å². The van der Waals surface area contributed by atoms with Gasteiger partial charge in [0.25, 0.3) is 0 Å². The molecule has 0 aliphatic rings. The average Bonchev–Trinajstić information content (AvgIpc) is 2.51. The van der Waals surface area contributed by atoms with E-state index in [1.54, 1.807) is 18.2 Å². The van der Waals surface area contributed by atoms with Crippen molar-refractivity contribution in [2.75, 3.05) is 0 Å². The lowest BCUT2D eigenvalue weighted by Gasteiger charge is -2.18. The molecular weight excluding hydrogens is 417 g/mol. The highest BCUT2D eigenvalue weighted by Crippen LogP contribution is 2.41.